The fourth-order valence-electron chi connectivity index (χ4n) is 2.71. The van der Waals surface area contributed by atoms with Gasteiger partial charge in [-0.1, -0.05) is 12.1 Å². The van der Waals surface area contributed by atoms with Crippen molar-refractivity contribution in [2.75, 3.05) is 18.5 Å². The van der Waals surface area contributed by atoms with Gasteiger partial charge in [-0.15, -0.1) is 0 Å². The molecule has 1 amide bonds. The number of anilines is 1. The van der Waals surface area contributed by atoms with E-state index >= 15 is 0 Å². The minimum absolute atomic E-state index is 0.0107. The highest BCUT2D eigenvalue weighted by Gasteiger charge is 2.41. The third kappa shape index (κ3) is 2.10. The van der Waals surface area contributed by atoms with Crippen LogP contribution in [0, 0.1) is 0 Å². The summed E-state index contributed by atoms with van der Waals surface area (Å²) < 4.78 is 5.29. The molecule has 2 N–H and O–H groups in total. The van der Waals surface area contributed by atoms with Gasteiger partial charge in [0, 0.05) is 17.5 Å². The van der Waals surface area contributed by atoms with Crippen LogP contribution >= 0.6 is 0 Å². The first-order valence-electron chi connectivity index (χ1n) is 6.32. The fraction of sp³-hybridized carbons (Fsp3) is 0.429. The van der Waals surface area contributed by atoms with Crippen LogP contribution in [0.1, 0.15) is 24.0 Å². The Balaban J connectivity index is 1.86. The second-order valence-electron chi connectivity index (χ2n) is 5.26. The topological polar surface area (TPSA) is 75.6 Å². The molecule has 1 aromatic rings. The Morgan fingerprint density at radius 3 is 2.84 bits per heavy atom. The van der Waals surface area contributed by atoms with E-state index in [1.54, 1.807) is 0 Å². The van der Waals surface area contributed by atoms with Crippen LogP contribution in [0.2, 0.25) is 0 Å². The van der Waals surface area contributed by atoms with Crippen molar-refractivity contribution >= 4 is 17.6 Å². The van der Waals surface area contributed by atoms with Crippen LogP contribution in [0.3, 0.4) is 0 Å². The number of aliphatic carboxylic acids is 1. The van der Waals surface area contributed by atoms with Crippen molar-refractivity contribution in [1.82, 2.24) is 0 Å². The summed E-state index contributed by atoms with van der Waals surface area (Å²) in [7, 11) is 0. The molecule has 1 saturated heterocycles. The molecule has 0 atom stereocenters. The van der Waals surface area contributed by atoms with E-state index in [4.69, 9.17) is 9.84 Å². The number of fused-ring (bicyclic) bond motifs is 1. The van der Waals surface area contributed by atoms with Gasteiger partial charge in [0.1, 0.15) is 0 Å². The molecule has 19 heavy (non-hydrogen) atoms. The predicted molar refractivity (Wildman–Crippen MR) is 68.1 cm³/mol. The summed E-state index contributed by atoms with van der Waals surface area (Å²) >= 11 is 0. The Labute approximate surface area is 110 Å². The Kier molecular flexibility index (Phi) is 2.78. The minimum atomic E-state index is -0.788. The Morgan fingerprint density at radius 2 is 2.21 bits per heavy atom. The summed E-state index contributed by atoms with van der Waals surface area (Å²) in [5.41, 5.74) is 2.74. The van der Waals surface area contributed by atoms with E-state index in [1.165, 1.54) is 0 Å². The van der Waals surface area contributed by atoms with Crippen LogP contribution in [-0.2, 0) is 26.2 Å². The quantitative estimate of drug-likeness (QED) is 0.857. The number of benzene rings is 1. The number of amides is 1. The number of nitrogens with one attached hydrogen (secondary N) is 1. The van der Waals surface area contributed by atoms with Gasteiger partial charge in [0.05, 0.1) is 19.6 Å². The summed E-state index contributed by atoms with van der Waals surface area (Å²) in [6.07, 6.45) is 1.11. The van der Waals surface area contributed by atoms with E-state index < -0.39 is 5.97 Å². The molecule has 0 saturated carbocycles. The van der Waals surface area contributed by atoms with Crippen molar-refractivity contribution < 1.29 is 19.4 Å². The minimum Gasteiger partial charge on any atom is -0.481 e. The summed E-state index contributed by atoms with van der Waals surface area (Å²) in [6.45, 7) is 1.11. The number of hydrogen-bond donors (Lipinski definition) is 2. The maximum Gasteiger partial charge on any atom is 0.303 e. The van der Waals surface area contributed by atoms with Crippen LogP contribution in [0.5, 0.6) is 0 Å². The van der Waals surface area contributed by atoms with Gasteiger partial charge in [0.25, 0.3) is 0 Å². The van der Waals surface area contributed by atoms with Crippen LogP contribution in [0.15, 0.2) is 18.2 Å². The predicted octanol–water partition coefficient (Wildman–Crippen LogP) is 1.31. The normalized spacial score (nSPS) is 19.5. The molecular weight excluding hydrogens is 246 g/mol. The van der Waals surface area contributed by atoms with Crippen molar-refractivity contribution in [2.24, 2.45) is 0 Å². The number of carboxylic acid groups (broad SMARTS) is 1. The lowest BCUT2D eigenvalue weighted by molar-refractivity contribution is -0.139. The van der Waals surface area contributed by atoms with Crippen molar-refractivity contribution in [3.63, 3.8) is 0 Å². The van der Waals surface area contributed by atoms with Gasteiger partial charge in [-0.3, -0.25) is 9.59 Å². The zero-order valence-electron chi connectivity index (χ0n) is 10.4. The maximum absolute atomic E-state index is 11.3. The molecule has 0 spiro atoms. The van der Waals surface area contributed by atoms with E-state index in [2.05, 4.69) is 5.32 Å². The lowest BCUT2D eigenvalue weighted by Gasteiger charge is -2.42. The lowest BCUT2D eigenvalue weighted by Crippen LogP contribution is -2.47. The smallest absolute Gasteiger partial charge is 0.303 e. The molecule has 2 heterocycles. The molecule has 100 valence electrons. The van der Waals surface area contributed by atoms with E-state index in [-0.39, 0.29) is 17.7 Å². The molecule has 0 unspecified atom stereocenters. The van der Waals surface area contributed by atoms with E-state index in [0.29, 0.717) is 26.1 Å². The third-order valence-corrected chi connectivity index (χ3v) is 3.92. The number of carbonyl (C=O) groups excluding carboxylic acids is 1. The molecule has 2 aliphatic rings. The zero-order valence-corrected chi connectivity index (χ0v) is 10.4. The average Bonchev–Trinajstić information content (AvgIpc) is 2.66. The van der Waals surface area contributed by atoms with Gasteiger partial charge in [-0.25, -0.2) is 0 Å². The maximum atomic E-state index is 11.3. The molecule has 5 nitrogen and oxygen atoms in total. The number of carbonyl (C=O) groups is 2. The van der Waals surface area contributed by atoms with Crippen LogP contribution in [-0.4, -0.2) is 30.2 Å². The molecular formula is C14H15NO4. The highest BCUT2D eigenvalue weighted by molar-refractivity contribution is 5.99. The number of ether oxygens (including phenoxy) is 1. The monoisotopic (exact) mass is 261 g/mol. The van der Waals surface area contributed by atoms with Crippen molar-refractivity contribution in [3.8, 4) is 0 Å². The average molecular weight is 261 g/mol. The first-order chi connectivity index (χ1) is 9.09. The Bertz CT molecular complexity index is 548. The second-order valence-corrected chi connectivity index (χ2v) is 5.26. The molecule has 5 heteroatoms. The van der Waals surface area contributed by atoms with E-state index in [0.717, 1.165) is 16.8 Å². The number of rotatable bonds is 4. The molecule has 0 bridgehead atoms. The summed E-state index contributed by atoms with van der Waals surface area (Å²) in [4.78, 5) is 22.1. The van der Waals surface area contributed by atoms with Gasteiger partial charge in [-0.2, -0.15) is 0 Å². The number of carboxylic acids is 1. The largest absolute Gasteiger partial charge is 0.481 e. The lowest BCUT2D eigenvalue weighted by atomic mass is 9.74. The highest BCUT2D eigenvalue weighted by Crippen LogP contribution is 2.39. The molecule has 0 radical (unpaired) electrons. The molecule has 0 aromatic heterocycles. The van der Waals surface area contributed by atoms with Crippen LogP contribution < -0.4 is 5.32 Å². The van der Waals surface area contributed by atoms with Crippen LogP contribution in [0.4, 0.5) is 5.69 Å². The highest BCUT2D eigenvalue weighted by atomic mass is 16.5. The molecule has 1 aromatic carbocycles. The molecule has 2 aliphatic heterocycles. The number of hydrogen-bond acceptors (Lipinski definition) is 3. The standard InChI is InChI=1S/C14H15NO4/c16-12-6-9-5-10(1-2-11(9)15-12)14(7-19-8-14)4-3-13(17)18/h1-2,5H,3-4,6-8H2,(H,15,16)(H,17,18). The van der Waals surface area contributed by atoms with Crippen molar-refractivity contribution in [3.05, 3.63) is 29.3 Å². The molecule has 0 aliphatic carbocycles. The van der Waals surface area contributed by atoms with Gasteiger partial charge in [-0.05, 0) is 23.6 Å². The summed E-state index contributed by atoms with van der Waals surface area (Å²) in [5, 5.41) is 11.6. The third-order valence-electron chi connectivity index (χ3n) is 3.92. The van der Waals surface area contributed by atoms with Gasteiger partial charge in [0.2, 0.25) is 5.91 Å². The van der Waals surface area contributed by atoms with E-state index in [1.807, 2.05) is 18.2 Å². The zero-order chi connectivity index (χ0) is 13.5. The molecule has 3 rings (SSSR count). The molecule has 1 fully saturated rings. The fourth-order valence-corrected chi connectivity index (χ4v) is 2.71. The van der Waals surface area contributed by atoms with Gasteiger partial charge < -0.3 is 15.2 Å². The van der Waals surface area contributed by atoms with Crippen LogP contribution in [0.25, 0.3) is 0 Å². The SMILES string of the molecule is O=C(O)CCC1(c2ccc3c(c2)CC(=O)N3)COC1. The van der Waals surface area contributed by atoms with E-state index in [9.17, 15) is 9.59 Å². The van der Waals surface area contributed by atoms with Crippen molar-refractivity contribution in [2.45, 2.75) is 24.7 Å². The first kappa shape index (κ1) is 12.2. The second kappa shape index (κ2) is 4.35. The van der Waals surface area contributed by atoms with Gasteiger partial charge >= 0.3 is 5.97 Å². The van der Waals surface area contributed by atoms with Gasteiger partial charge in [0.15, 0.2) is 0 Å². The Morgan fingerprint density at radius 1 is 1.42 bits per heavy atom. The Hall–Kier alpha value is -1.88. The summed E-state index contributed by atoms with van der Waals surface area (Å²) in [6, 6.07) is 5.88. The summed E-state index contributed by atoms with van der Waals surface area (Å²) in [5.74, 6) is -0.777. The first-order valence-corrected chi connectivity index (χ1v) is 6.32. The van der Waals surface area contributed by atoms with Crippen molar-refractivity contribution in [1.29, 1.82) is 0 Å².